The second kappa shape index (κ2) is 5.71. The molecule has 3 rings (SSSR count). The molecule has 2 nitrogen and oxygen atoms in total. The van der Waals surface area contributed by atoms with Gasteiger partial charge in [-0.25, -0.2) is 0 Å². The third-order valence-corrected chi connectivity index (χ3v) is 4.65. The quantitative estimate of drug-likeness (QED) is 0.856. The summed E-state index contributed by atoms with van der Waals surface area (Å²) in [4.78, 5) is 2.34. The van der Waals surface area contributed by atoms with Crippen molar-refractivity contribution in [1.82, 2.24) is 4.90 Å². The van der Waals surface area contributed by atoms with Crippen LogP contribution >= 0.6 is 0 Å². The zero-order valence-corrected chi connectivity index (χ0v) is 12.4. The molecule has 0 spiro atoms. The van der Waals surface area contributed by atoms with E-state index in [0.717, 1.165) is 30.5 Å². The average molecular weight is 276 g/mol. The summed E-state index contributed by atoms with van der Waals surface area (Å²) >= 11 is 0. The van der Waals surface area contributed by atoms with Crippen molar-refractivity contribution in [3.8, 4) is 6.07 Å². The summed E-state index contributed by atoms with van der Waals surface area (Å²) in [7, 11) is 2.13. The summed E-state index contributed by atoms with van der Waals surface area (Å²) in [5.74, 6) is 0. The van der Waals surface area contributed by atoms with Crippen molar-refractivity contribution < 1.29 is 0 Å². The molecule has 1 saturated heterocycles. The van der Waals surface area contributed by atoms with Crippen LogP contribution < -0.4 is 0 Å². The van der Waals surface area contributed by atoms with E-state index in [4.69, 9.17) is 0 Å². The SMILES string of the molecule is CN1CCCC1C(C#N)(c1ccccc1)c1ccccc1. The van der Waals surface area contributed by atoms with Gasteiger partial charge in [0.15, 0.2) is 0 Å². The van der Waals surface area contributed by atoms with Crippen molar-refractivity contribution in [1.29, 1.82) is 5.26 Å². The normalized spacial score (nSPS) is 19.3. The lowest BCUT2D eigenvalue weighted by Gasteiger charge is -2.37. The molecule has 2 heteroatoms. The molecule has 0 radical (unpaired) electrons. The van der Waals surface area contributed by atoms with Crippen molar-refractivity contribution in [3.05, 3.63) is 71.8 Å². The van der Waals surface area contributed by atoms with Gasteiger partial charge in [-0.15, -0.1) is 0 Å². The minimum absolute atomic E-state index is 0.229. The highest BCUT2D eigenvalue weighted by Crippen LogP contribution is 2.41. The molecule has 1 aliphatic heterocycles. The number of likely N-dealkylation sites (tertiary alicyclic amines) is 1. The van der Waals surface area contributed by atoms with Gasteiger partial charge in [0.1, 0.15) is 5.41 Å². The first-order valence-corrected chi connectivity index (χ1v) is 7.51. The molecule has 1 unspecified atom stereocenters. The van der Waals surface area contributed by atoms with Gasteiger partial charge in [-0.2, -0.15) is 5.26 Å². The molecule has 0 bridgehead atoms. The van der Waals surface area contributed by atoms with Crippen molar-refractivity contribution >= 4 is 0 Å². The fraction of sp³-hybridized carbons (Fsp3) is 0.316. The number of hydrogen-bond donors (Lipinski definition) is 0. The lowest BCUT2D eigenvalue weighted by atomic mass is 9.69. The van der Waals surface area contributed by atoms with Gasteiger partial charge in [-0.1, -0.05) is 60.7 Å². The number of hydrogen-bond acceptors (Lipinski definition) is 2. The maximum Gasteiger partial charge on any atom is 0.123 e. The van der Waals surface area contributed by atoms with Gasteiger partial charge in [0, 0.05) is 6.04 Å². The van der Waals surface area contributed by atoms with E-state index in [-0.39, 0.29) is 6.04 Å². The minimum Gasteiger partial charge on any atom is -0.301 e. The molecule has 1 aliphatic rings. The van der Waals surface area contributed by atoms with Gasteiger partial charge in [-0.3, -0.25) is 0 Å². The van der Waals surface area contributed by atoms with Gasteiger partial charge >= 0.3 is 0 Å². The summed E-state index contributed by atoms with van der Waals surface area (Å²) < 4.78 is 0. The largest absolute Gasteiger partial charge is 0.301 e. The monoisotopic (exact) mass is 276 g/mol. The smallest absolute Gasteiger partial charge is 0.123 e. The molecule has 0 N–H and O–H groups in total. The molecular formula is C19H20N2. The predicted molar refractivity (Wildman–Crippen MR) is 84.9 cm³/mol. The minimum atomic E-state index is -0.590. The summed E-state index contributed by atoms with van der Waals surface area (Å²) in [6, 6.07) is 23.4. The van der Waals surface area contributed by atoms with Gasteiger partial charge < -0.3 is 4.90 Å². The first-order valence-electron chi connectivity index (χ1n) is 7.51. The van der Waals surface area contributed by atoms with Crippen LogP contribution in [0.15, 0.2) is 60.7 Å². The lowest BCUT2D eigenvalue weighted by Crippen LogP contribution is -2.46. The fourth-order valence-corrected chi connectivity index (χ4v) is 3.61. The Morgan fingerprint density at radius 2 is 1.52 bits per heavy atom. The molecule has 0 amide bonds. The number of rotatable bonds is 3. The van der Waals surface area contributed by atoms with E-state index in [2.05, 4.69) is 42.3 Å². The molecule has 0 aromatic heterocycles. The van der Waals surface area contributed by atoms with Crippen LogP contribution in [-0.4, -0.2) is 24.5 Å². The van der Waals surface area contributed by atoms with Crippen LogP contribution in [0.2, 0.25) is 0 Å². The van der Waals surface area contributed by atoms with Crippen LogP contribution in [0.1, 0.15) is 24.0 Å². The van der Waals surface area contributed by atoms with E-state index in [9.17, 15) is 5.26 Å². The fourth-order valence-electron chi connectivity index (χ4n) is 3.61. The zero-order chi connectivity index (χ0) is 14.7. The molecular weight excluding hydrogens is 256 g/mol. The van der Waals surface area contributed by atoms with E-state index < -0.39 is 5.41 Å². The van der Waals surface area contributed by atoms with E-state index in [1.165, 1.54) is 0 Å². The highest BCUT2D eigenvalue weighted by molar-refractivity contribution is 5.48. The molecule has 0 saturated carbocycles. The number of nitriles is 1. The van der Waals surface area contributed by atoms with Crippen molar-refractivity contribution in [2.45, 2.75) is 24.3 Å². The molecule has 0 aliphatic carbocycles. The van der Waals surface area contributed by atoms with Crippen LogP contribution in [0.3, 0.4) is 0 Å². The second-order valence-corrected chi connectivity index (χ2v) is 5.79. The number of likely N-dealkylation sites (N-methyl/N-ethyl adjacent to an activating group) is 1. The third kappa shape index (κ3) is 2.24. The third-order valence-electron chi connectivity index (χ3n) is 4.65. The molecule has 1 fully saturated rings. The topological polar surface area (TPSA) is 27.0 Å². The van der Waals surface area contributed by atoms with Crippen LogP contribution in [0, 0.1) is 11.3 Å². The predicted octanol–water partition coefficient (Wildman–Crippen LogP) is 3.59. The second-order valence-electron chi connectivity index (χ2n) is 5.79. The Kier molecular flexibility index (Phi) is 3.77. The number of benzene rings is 2. The van der Waals surface area contributed by atoms with Gasteiger partial charge in [-0.05, 0) is 37.6 Å². The number of nitrogens with zero attached hydrogens (tertiary/aromatic N) is 2. The molecule has 1 heterocycles. The Morgan fingerprint density at radius 3 is 1.90 bits per heavy atom. The highest BCUT2D eigenvalue weighted by atomic mass is 15.2. The lowest BCUT2D eigenvalue weighted by molar-refractivity contribution is 0.253. The van der Waals surface area contributed by atoms with Crippen molar-refractivity contribution in [3.63, 3.8) is 0 Å². The first kappa shape index (κ1) is 13.9. The van der Waals surface area contributed by atoms with Gasteiger partial charge in [0.05, 0.1) is 6.07 Å². The Hall–Kier alpha value is -2.11. The van der Waals surface area contributed by atoms with Crippen LogP contribution in [0.25, 0.3) is 0 Å². The Balaban J connectivity index is 2.21. The Labute approximate surface area is 126 Å². The van der Waals surface area contributed by atoms with Crippen LogP contribution in [0.5, 0.6) is 0 Å². The summed E-state index contributed by atoms with van der Waals surface area (Å²) in [5.41, 5.74) is 1.60. The molecule has 106 valence electrons. The standard InChI is InChI=1S/C19H20N2/c1-21-14-8-13-18(21)19(15-20,16-9-4-2-5-10-16)17-11-6-3-7-12-17/h2-7,9-12,18H,8,13-14H2,1H3. The maximum atomic E-state index is 10.2. The van der Waals surface area contributed by atoms with Gasteiger partial charge in [0.2, 0.25) is 0 Å². The maximum absolute atomic E-state index is 10.2. The molecule has 21 heavy (non-hydrogen) atoms. The average Bonchev–Trinajstić information content (AvgIpc) is 2.98. The van der Waals surface area contributed by atoms with Gasteiger partial charge in [0.25, 0.3) is 0 Å². The van der Waals surface area contributed by atoms with E-state index in [1.807, 2.05) is 36.4 Å². The van der Waals surface area contributed by atoms with E-state index in [1.54, 1.807) is 0 Å². The van der Waals surface area contributed by atoms with Crippen molar-refractivity contribution in [2.75, 3.05) is 13.6 Å². The first-order chi connectivity index (χ1) is 10.3. The van der Waals surface area contributed by atoms with Crippen molar-refractivity contribution in [2.24, 2.45) is 0 Å². The molecule has 2 aromatic rings. The summed E-state index contributed by atoms with van der Waals surface area (Å²) in [5, 5.41) is 10.2. The molecule has 1 atom stereocenters. The highest BCUT2D eigenvalue weighted by Gasteiger charge is 2.46. The van der Waals surface area contributed by atoms with E-state index >= 15 is 0 Å². The Bertz CT molecular complexity index is 588. The molecule has 2 aromatic carbocycles. The van der Waals surface area contributed by atoms with Crippen LogP contribution in [0.4, 0.5) is 0 Å². The van der Waals surface area contributed by atoms with Crippen LogP contribution in [-0.2, 0) is 5.41 Å². The summed E-state index contributed by atoms with van der Waals surface area (Å²) in [6.07, 6.45) is 2.22. The summed E-state index contributed by atoms with van der Waals surface area (Å²) in [6.45, 7) is 1.06. The van der Waals surface area contributed by atoms with E-state index in [0.29, 0.717) is 0 Å². The Morgan fingerprint density at radius 1 is 1.00 bits per heavy atom. The zero-order valence-electron chi connectivity index (χ0n) is 12.4.